The number of tetrazole rings is 1. The van der Waals surface area contributed by atoms with Crippen LogP contribution in [0.4, 0.5) is 0 Å². The number of hydrogen-bond acceptors (Lipinski definition) is 7. The Hall–Kier alpha value is -6.55. The monoisotopic (exact) mass is 817 g/mol. The van der Waals surface area contributed by atoms with Gasteiger partial charge >= 0.3 is 0 Å². The van der Waals surface area contributed by atoms with Crippen molar-refractivity contribution in [2.75, 3.05) is 6.54 Å². The number of nitrogens with zero attached hydrogens (tertiary/aromatic N) is 7. The van der Waals surface area contributed by atoms with Gasteiger partial charge in [-0.1, -0.05) is 166 Å². The van der Waals surface area contributed by atoms with Gasteiger partial charge in [0.05, 0.1) is 17.4 Å². The van der Waals surface area contributed by atoms with Crippen LogP contribution in [0.2, 0.25) is 0 Å². The van der Waals surface area contributed by atoms with E-state index in [1.54, 1.807) is 0 Å². The van der Waals surface area contributed by atoms with Crippen molar-refractivity contribution in [3.8, 4) is 22.5 Å². The van der Waals surface area contributed by atoms with Crippen LogP contribution in [0.1, 0.15) is 86.0 Å². The second-order valence-electron chi connectivity index (χ2n) is 16.8. The van der Waals surface area contributed by atoms with E-state index in [-0.39, 0.29) is 5.56 Å². The van der Waals surface area contributed by atoms with Crippen LogP contribution in [-0.4, -0.2) is 47.4 Å². The summed E-state index contributed by atoms with van der Waals surface area (Å²) in [6.45, 7) is 5.75. The molecule has 0 aliphatic carbocycles. The zero-order valence-electron chi connectivity index (χ0n) is 35.4. The minimum absolute atomic E-state index is 0.00677. The van der Waals surface area contributed by atoms with Gasteiger partial charge < -0.3 is 0 Å². The van der Waals surface area contributed by atoms with Crippen molar-refractivity contribution in [3.05, 3.63) is 202 Å². The van der Waals surface area contributed by atoms with Gasteiger partial charge in [0.25, 0.3) is 5.56 Å². The number of aromatic nitrogens is 6. The molecule has 4 heterocycles. The Labute approximate surface area is 362 Å². The summed E-state index contributed by atoms with van der Waals surface area (Å²) in [6, 6.07) is 54.9. The van der Waals surface area contributed by atoms with Crippen molar-refractivity contribution in [3.63, 3.8) is 0 Å². The minimum atomic E-state index is -0.880. The third-order valence-electron chi connectivity index (χ3n) is 13.2. The Balaban J connectivity index is 1.03. The van der Waals surface area contributed by atoms with Crippen molar-refractivity contribution in [2.45, 2.75) is 82.5 Å². The van der Waals surface area contributed by atoms with Gasteiger partial charge in [0, 0.05) is 31.0 Å². The summed E-state index contributed by atoms with van der Waals surface area (Å²) >= 11 is 0. The van der Waals surface area contributed by atoms with E-state index in [2.05, 4.69) is 152 Å². The Morgan fingerprint density at radius 3 is 2.03 bits per heavy atom. The minimum Gasteiger partial charge on any atom is -0.292 e. The van der Waals surface area contributed by atoms with E-state index < -0.39 is 11.1 Å². The highest BCUT2D eigenvalue weighted by Gasteiger charge is 2.47. The molecule has 0 unspecified atom stereocenters. The lowest BCUT2D eigenvalue weighted by Gasteiger charge is -2.36. The average molecular weight is 818 g/mol. The lowest BCUT2D eigenvalue weighted by Crippen LogP contribution is -2.39. The highest BCUT2D eigenvalue weighted by atomic mass is 16.7. The second-order valence-corrected chi connectivity index (χ2v) is 16.8. The van der Waals surface area contributed by atoms with Gasteiger partial charge in [-0.2, -0.15) is 5.06 Å². The molecule has 9 heteroatoms. The molecule has 310 valence electrons. The van der Waals surface area contributed by atoms with Crippen molar-refractivity contribution in [2.24, 2.45) is 0 Å². The van der Waals surface area contributed by atoms with Crippen molar-refractivity contribution in [1.29, 1.82) is 0 Å². The average Bonchev–Trinajstić information content (AvgIpc) is 4.08. The summed E-state index contributed by atoms with van der Waals surface area (Å²) in [5.74, 6) is 1.46. The van der Waals surface area contributed by atoms with Crippen LogP contribution in [0.3, 0.4) is 0 Å². The second kappa shape index (κ2) is 16.7. The van der Waals surface area contributed by atoms with Crippen LogP contribution in [0.15, 0.2) is 163 Å². The number of aryl methyl sites for hydroxylation is 1. The topological polar surface area (TPSA) is 91.0 Å². The molecule has 0 saturated carbocycles. The molecule has 0 N–H and O–H groups in total. The zero-order valence-corrected chi connectivity index (χ0v) is 35.4. The number of unbranched alkanes of at least 4 members (excludes halogenated alkanes) is 1. The maximum atomic E-state index is 14.6. The normalized spacial score (nSPS) is 17.7. The van der Waals surface area contributed by atoms with Gasteiger partial charge in [0.15, 0.2) is 5.82 Å². The number of rotatable bonds is 13. The van der Waals surface area contributed by atoms with E-state index in [1.807, 2.05) is 39.6 Å². The van der Waals surface area contributed by atoms with E-state index in [0.29, 0.717) is 23.8 Å². The summed E-state index contributed by atoms with van der Waals surface area (Å²) in [5, 5.41) is 16.7. The fourth-order valence-electron chi connectivity index (χ4n) is 9.99. The van der Waals surface area contributed by atoms with E-state index in [0.717, 1.165) is 101 Å². The third-order valence-corrected chi connectivity index (χ3v) is 13.2. The molecular weight excluding hydrogens is 767 g/mol. The molecule has 2 fully saturated rings. The van der Waals surface area contributed by atoms with Gasteiger partial charge in [-0.15, -0.1) is 5.10 Å². The molecular formula is C53H51N7O2. The highest BCUT2D eigenvalue weighted by molar-refractivity contribution is 5.81. The summed E-state index contributed by atoms with van der Waals surface area (Å²) in [7, 11) is 0. The molecule has 2 atom stereocenters. The largest absolute Gasteiger partial charge is 0.292 e. The van der Waals surface area contributed by atoms with Gasteiger partial charge in [0.1, 0.15) is 17.0 Å². The smallest absolute Gasteiger partial charge is 0.261 e. The summed E-state index contributed by atoms with van der Waals surface area (Å²) in [5.41, 5.74) is 7.57. The lowest BCUT2D eigenvalue weighted by atomic mass is 9.77. The molecule has 0 radical (unpaired) electrons. The molecule has 62 heavy (non-hydrogen) atoms. The van der Waals surface area contributed by atoms with Gasteiger partial charge in [-0.3, -0.25) is 14.2 Å². The van der Waals surface area contributed by atoms with Gasteiger partial charge in [0.2, 0.25) is 0 Å². The predicted molar refractivity (Wildman–Crippen MR) is 244 cm³/mol. The Morgan fingerprint density at radius 2 is 1.40 bits per heavy atom. The maximum Gasteiger partial charge on any atom is 0.261 e. The van der Waals surface area contributed by atoms with E-state index >= 15 is 0 Å². The Bertz CT molecular complexity index is 2770. The quantitative estimate of drug-likeness (QED) is 0.107. The zero-order chi connectivity index (χ0) is 42.1. The van der Waals surface area contributed by atoms with Crippen LogP contribution < -0.4 is 5.56 Å². The first-order chi connectivity index (χ1) is 30.5. The van der Waals surface area contributed by atoms with Crippen LogP contribution in [0, 0.1) is 0 Å². The first-order valence-electron chi connectivity index (χ1n) is 22.2. The van der Waals surface area contributed by atoms with Crippen molar-refractivity contribution in [1.82, 2.24) is 34.8 Å². The fraction of sp³-hybridized carbons (Fsp3) is 0.264. The molecule has 0 spiro atoms. The standard InChI is InChI=1S/C53H51N7O2/c1-3-5-27-49-54-48-33-32-43(52(4-2)36-44-24-17-34-59(44)62-52)35-47(48)51(61)58(49)37-38-28-30-39(31-29-38)45-25-15-16-26-46(45)50-55-56-57-60(50)53(40-18-9-6-10-19-40,41-20-11-7-12-21-41)42-22-13-8-14-23-42/h6-16,18-23,25-26,28-33,35,44H,3-5,17,24,27,34,36-37H2,1-2H3/t44-,52+/m1/s1. The first-order valence-corrected chi connectivity index (χ1v) is 22.2. The molecule has 8 aromatic rings. The molecule has 10 rings (SSSR count). The maximum absolute atomic E-state index is 14.6. The van der Waals surface area contributed by atoms with Crippen LogP contribution in [0.5, 0.6) is 0 Å². The Morgan fingerprint density at radius 1 is 0.758 bits per heavy atom. The van der Waals surface area contributed by atoms with Crippen LogP contribution in [0.25, 0.3) is 33.4 Å². The van der Waals surface area contributed by atoms with E-state index in [4.69, 9.17) is 20.1 Å². The molecule has 6 aromatic carbocycles. The molecule has 0 bridgehead atoms. The molecule has 2 aliphatic heterocycles. The number of hydrogen-bond donors (Lipinski definition) is 0. The van der Waals surface area contributed by atoms with Crippen LogP contribution >= 0.6 is 0 Å². The SMILES string of the molecule is CCCCc1nc2ccc([C@]3(CC)C[C@H]4CCCN4O3)cc2c(=O)n1Cc1ccc(-c2ccccc2-c2nnnn2C(c2ccccc2)(c2ccccc2)c2ccccc2)cc1. The summed E-state index contributed by atoms with van der Waals surface area (Å²) in [6.07, 6.45) is 6.83. The number of hydroxylamine groups is 2. The highest BCUT2D eigenvalue weighted by Crippen LogP contribution is 2.46. The molecule has 2 aliphatic rings. The third kappa shape index (κ3) is 6.86. The van der Waals surface area contributed by atoms with Crippen molar-refractivity contribution < 1.29 is 4.84 Å². The molecule has 0 amide bonds. The van der Waals surface area contributed by atoms with Crippen LogP contribution in [-0.2, 0) is 28.9 Å². The summed E-state index contributed by atoms with van der Waals surface area (Å²) < 4.78 is 3.87. The van der Waals surface area contributed by atoms with Gasteiger partial charge in [-0.05, 0) is 87.2 Å². The number of benzene rings is 6. The molecule has 9 nitrogen and oxygen atoms in total. The Kier molecular flexibility index (Phi) is 10.7. The fourth-order valence-corrected chi connectivity index (χ4v) is 9.99. The molecule has 2 saturated heterocycles. The lowest BCUT2D eigenvalue weighted by molar-refractivity contribution is -0.200. The molecule has 2 aromatic heterocycles. The number of fused-ring (bicyclic) bond motifs is 2. The predicted octanol–water partition coefficient (Wildman–Crippen LogP) is 10.4. The van der Waals surface area contributed by atoms with E-state index in [1.165, 1.54) is 6.42 Å². The van der Waals surface area contributed by atoms with Gasteiger partial charge in [-0.25, -0.2) is 9.67 Å². The first kappa shape index (κ1) is 39.6. The van der Waals surface area contributed by atoms with E-state index in [9.17, 15) is 4.79 Å². The van der Waals surface area contributed by atoms with Crippen molar-refractivity contribution >= 4 is 10.9 Å². The summed E-state index contributed by atoms with van der Waals surface area (Å²) in [4.78, 5) is 26.4.